The van der Waals surface area contributed by atoms with Gasteiger partial charge in [0.1, 0.15) is 12.4 Å². The van der Waals surface area contributed by atoms with Crippen molar-refractivity contribution < 1.29 is 4.74 Å². The van der Waals surface area contributed by atoms with Crippen molar-refractivity contribution in [1.29, 1.82) is 0 Å². The molecule has 0 saturated carbocycles. The number of hydrogen-bond donors (Lipinski definition) is 2. The summed E-state index contributed by atoms with van der Waals surface area (Å²) in [6, 6.07) is 3.97. The van der Waals surface area contributed by atoms with E-state index in [0.29, 0.717) is 11.7 Å². The molecule has 3 N–H and O–H groups in total. The largest absolute Gasteiger partial charge is 0.490 e. The molecular formula is C9H9N3OS. The summed E-state index contributed by atoms with van der Waals surface area (Å²) in [7, 11) is 0. The van der Waals surface area contributed by atoms with Crippen LogP contribution in [0.5, 0.6) is 5.75 Å². The fourth-order valence-corrected chi connectivity index (χ4v) is 2.33. The maximum Gasteiger partial charge on any atom is 0.181 e. The molecule has 0 unspecified atom stereocenters. The van der Waals surface area contributed by atoms with Crippen LogP contribution >= 0.6 is 11.3 Å². The molecule has 4 nitrogen and oxygen atoms in total. The lowest BCUT2D eigenvalue weighted by Gasteiger charge is -2.18. The van der Waals surface area contributed by atoms with Crippen molar-refractivity contribution in [2.45, 2.75) is 0 Å². The van der Waals surface area contributed by atoms with E-state index in [-0.39, 0.29) is 0 Å². The van der Waals surface area contributed by atoms with Crippen LogP contribution in [0.2, 0.25) is 0 Å². The van der Waals surface area contributed by atoms with Gasteiger partial charge in [-0.3, -0.25) is 0 Å². The standard InChI is InChI=1S/C9H9N3OS/c10-9-12-6-3-7-5(4-8(6)14-9)11-1-2-13-7/h3-4,11H,1-2H2,(H2,10,12). The Labute approximate surface area is 84.7 Å². The van der Waals surface area contributed by atoms with E-state index >= 15 is 0 Å². The molecule has 2 heterocycles. The van der Waals surface area contributed by atoms with Gasteiger partial charge < -0.3 is 15.8 Å². The minimum Gasteiger partial charge on any atom is -0.490 e. The summed E-state index contributed by atoms with van der Waals surface area (Å²) < 4.78 is 6.60. The molecule has 14 heavy (non-hydrogen) atoms. The molecule has 0 amide bonds. The number of nitrogens with two attached hydrogens (primary N) is 1. The summed E-state index contributed by atoms with van der Waals surface area (Å²) in [6.07, 6.45) is 0. The summed E-state index contributed by atoms with van der Waals surface area (Å²) in [5.74, 6) is 0.869. The fraction of sp³-hybridized carbons (Fsp3) is 0.222. The van der Waals surface area contributed by atoms with Gasteiger partial charge in [0.2, 0.25) is 0 Å². The number of anilines is 2. The maximum atomic E-state index is 5.64. The number of ether oxygens (including phenoxy) is 1. The van der Waals surface area contributed by atoms with E-state index in [1.54, 1.807) is 0 Å². The zero-order valence-corrected chi connectivity index (χ0v) is 8.23. The van der Waals surface area contributed by atoms with Crippen molar-refractivity contribution in [3.63, 3.8) is 0 Å². The van der Waals surface area contributed by atoms with E-state index in [2.05, 4.69) is 10.3 Å². The van der Waals surface area contributed by atoms with Crippen molar-refractivity contribution in [3.8, 4) is 5.75 Å². The highest BCUT2D eigenvalue weighted by Gasteiger charge is 2.12. The van der Waals surface area contributed by atoms with E-state index in [4.69, 9.17) is 10.5 Å². The second-order valence-corrected chi connectivity index (χ2v) is 4.21. The second-order valence-electron chi connectivity index (χ2n) is 3.14. The number of nitrogens with one attached hydrogen (secondary N) is 1. The number of fused-ring (bicyclic) bond motifs is 2. The Balaban J connectivity index is 2.26. The maximum absolute atomic E-state index is 5.64. The molecule has 1 aromatic heterocycles. The Bertz CT molecular complexity index is 451. The quantitative estimate of drug-likeness (QED) is 0.690. The van der Waals surface area contributed by atoms with Crippen LogP contribution in [0.25, 0.3) is 10.2 Å². The number of rotatable bonds is 0. The van der Waals surface area contributed by atoms with Crippen molar-refractivity contribution >= 4 is 32.4 Å². The molecule has 5 heteroatoms. The minimum atomic E-state index is 0.599. The summed E-state index contributed by atoms with van der Waals surface area (Å²) >= 11 is 1.50. The molecule has 1 aromatic carbocycles. The molecule has 0 spiro atoms. The van der Waals surface area contributed by atoms with Gasteiger partial charge in [-0.15, -0.1) is 0 Å². The van der Waals surface area contributed by atoms with Gasteiger partial charge >= 0.3 is 0 Å². The first-order valence-electron chi connectivity index (χ1n) is 4.40. The number of nitrogens with zero attached hydrogens (tertiary/aromatic N) is 1. The summed E-state index contributed by atoms with van der Waals surface area (Å²) in [5, 5.41) is 3.88. The lowest BCUT2D eigenvalue weighted by molar-refractivity contribution is 0.324. The van der Waals surface area contributed by atoms with Gasteiger partial charge in [-0.2, -0.15) is 0 Å². The monoisotopic (exact) mass is 207 g/mol. The number of benzene rings is 1. The van der Waals surface area contributed by atoms with Crippen molar-refractivity contribution in [1.82, 2.24) is 4.98 Å². The molecule has 1 aliphatic heterocycles. The van der Waals surface area contributed by atoms with Crippen molar-refractivity contribution in [3.05, 3.63) is 12.1 Å². The summed E-state index contributed by atoms with van der Waals surface area (Å²) in [6.45, 7) is 1.56. The van der Waals surface area contributed by atoms with Crippen LogP contribution in [-0.4, -0.2) is 18.1 Å². The molecule has 2 aromatic rings. The van der Waals surface area contributed by atoms with Gasteiger partial charge in [-0.25, -0.2) is 4.98 Å². The average Bonchev–Trinajstić information content (AvgIpc) is 2.53. The van der Waals surface area contributed by atoms with E-state index in [1.807, 2.05) is 12.1 Å². The topological polar surface area (TPSA) is 60.2 Å². The van der Waals surface area contributed by atoms with Gasteiger partial charge in [0.15, 0.2) is 5.13 Å². The second kappa shape index (κ2) is 2.75. The highest BCUT2D eigenvalue weighted by molar-refractivity contribution is 7.22. The Morgan fingerprint density at radius 3 is 3.36 bits per heavy atom. The molecule has 0 saturated heterocycles. The lowest BCUT2D eigenvalue weighted by atomic mass is 10.2. The summed E-state index contributed by atoms with van der Waals surface area (Å²) in [5.41, 5.74) is 7.58. The van der Waals surface area contributed by atoms with Crippen molar-refractivity contribution in [2.75, 3.05) is 24.2 Å². The normalized spacial score (nSPS) is 14.6. The van der Waals surface area contributed by atoms with Crippen LogP contribution in [0.15, 0.2) is 12.1 Å². The molecule has 72 valence electrons. The first-order valence-corrected chi connectivity index (χ1v) is 5.21. The highest BCUT2D eigenvalue weighted by Crippen LogP contribution is 2.35. The number of hydrogen-bond acceptors (Lipinski definition) is 5. The predicted molar refractivity (Wildman–Crippen MR) is 58.0 cm³/mol. The van der Waals surface area contributed by atoms with E-state index in [0.717, 1.165) is 28.2 Å². The van der Waals surface area contributed by atoms with Crippen LogP contribution < -0.4 is 15.8 Å². The number of aromatic nitrogens is 1. The zero-order valence-electron chi connectivity index (χ0n) is 7.41. The Kier molecular flexibility index (Phi) is 1.55. The summed E-state index contributed by atoms with van der Waals surface area (Å²) in [4.78, 5) is 4.21. The van der Waals surface area contributed by atoms with Crippen molar-refractivity contribution in [2.24, 2.45) is 0 Å². The van der Waals surface area contributed by atoms with Gasteiger partial charge in [0.05, 0.1) is 15.9 Å². The molecule has 3 rings (SSSR count). The van der Waals surface area contributed by atoms with Crippen LogP contribution in [0.4, 0.5) is 10.8 Å². The molecule has 0 fully saturated rings. The van der Waals surface area contributed by atoms with Gasteiger partial charge in [-0.1, -0.05) is 11.3 Å². The fourth-order valence-electron chi connectivity index (χ4n) is 1.58. The number of nitrogen functional groups attached to an aromatic ring is 1. The van der Waals surface area contributed by atoms with Crippen LogP contribution in [0.1, 0.15) is 0 Å². The van der Waals surface area contributed by atoms with Gasteiger partial charge in [0, 0.05) is 12.6 Å². The first kappa shape index (κ1) is 7.87. The minimum absolute atomic E-state index is 0.599. The Morgan fingerprint density at radius 2 is 2.43 bits per heavy atom. The molecule has 0 bridgehead atoms. The van der Waals surface area contributed by atoms with Crippen LogP contribution in [0, 0.1) is 0 Å². The van der Waals surface area contributed by atoms with E-state index < -0.39 is 0 Å². The molecule has 1 aliphatic rings. The molecule has 0 atom stereocenters. The smallest absolute Gasteiger partial charge is 0.181 e. The number of thiazole rings is 1. The third-order valence-corrected chi connectivity index (χ3v) is 3.03. The average molecular weight is 207 g/mol. The SMILES string of the molecule is Nc1nc2cc3c(cc2s1)NCCO3. The Morgan fingerprint density at radius 1 is 1.50 bits per heavy atom. The van der Waals surface area contributed by atoms with Gasteiger partial charge in [-0.05, 0) is 6.07 Å². The van der Waals surface area contributed by atoms with E-state index in [9.17, 15) is 0 Å². The first-order chi connectivity index (χ1) is 6.83. The van der Waals surface area contributed by atoms with Crippen LogP contribution in [0.3, 0.4) is 0 Å². The Hall–Kier alpha value is -1.49. The third kappa shape index (κ3) is 1.09. The molecular weight excluding hydrogens is 198 g/mol. The lowest BCUT2D eigenvalue weighted by Crippen LogP contribution is -2.17. The predicted octanol–water partition coefficient (Wildman–Crippen LogP) is 1.68. The van der Waals surface area contributed by atoms with Crippen LogP contribution in [-0.2, 0) is 0 Å². The molecule has 0 aliphatic carbocycles. The van der Waals surface area contributed by atoms with E-state index in [1.165, 1.54) is 11.3 Å². The van der Waals surface area contributed by atoms with Gasteiger partial charge in [0.25, 0.3) is 0 Å². The molecule has 0 radical (unpaired) electrons. The third-order valence-electron chi connectivity index (χ3n) is 2.18. The highest BCUT2D eigenvalue weighted by atomic mass is 32.1. The zero-order chi connectivity index (χ0) is 9.54.